The predicted molar refractivity (Wildman–Crippen MR) is 114 cm³/mol. The number of thioether (sulfide) groups is 1. The largest absolute Gasteiger partial charge is 0.466 e. The summed E-state index contributed by atoms with van der Waals surface area (Å²) in [6, 6.07) is -0.689. The first-order valence-corrected chi connectivity index (χ1v) is 12.2. The molecule has 3 unspecified atom stereocenters. The molecule has 4 fully saturated rings. The van der Waals surface area contributed by atoms with Crippen LogP contribution in [0.2, 0.25) is 0 Å². The highest BCUT2D eigenvalue weighted by Crippen LogP contribution is 2.68. The Morgan fingerprint density at radius 1 is 1.32 bits per heavy atom. The van der Waals surface area contributed by atoms with Gasteiger partial charge in [-0.05, 0) is 19.3 Å². The third kappa shape index (κ3) is 3.75. The van der Waals surface area contributed by atoms with Crippen molar-refractivity contribution in [2.75, 3.05) is 59.2 Å². The fourth-order valence-corrected chi connectivity index (χ4v) is 8.34. The van der Waals surface area contributed by atoms with Gasteiger partial charge in [-0.2, -0.15) is 0 Å². The zero-order chi connectivity index (χ0) is 22.2. The molecule has 2 bridgehead atoms. The topological polar surface area (TPSA) is 108 Å². The molecule has 1 spiro atoms. The number of fused-ring (bicyclic) bond motifs is 1. The Morgan fingerprint density at radius 3 is 2.74 bits per heavy atom. The number of nitrogens with one attached hydrogen (secondary N) is 1. The van der Waals surface area contributed by atoms with Gasteiger partial charge in [-0.25, -0.2) is 0 Å². The minimum Gasteiger partial charge on any atom is -0.466 e. The molecule has 6 atom stereocenters. The number of morpholine rings is 1. The SMILES string of the molecule is CCOC(=O)[C@@H]1[C@H]2C(=O)N(CCO)C(C(=O)NCCN3CCOCC3)C23S[C@@H]1CC3C. The van der Waals surface area contributed by atoms with E-state index in [-0.39, 0.29) is 48.7 Å². The van der Waals surface area contributed by atoms with Crippen molar-refractivity contribution in [3.63, 3.8) is 0 Å². The van der Waals surface area contributed by atoms with Gasteiger partial charge in [0.15, 0.2) is 0 Å². The summed E-state index contributed by atoms with van der Waals surface area (Å²) in [6.07, 6.45) is 0.780. The number of ether oxygens (including phenoxy) is 2. The minimum atomic E-state index is -0.689. The molecule has 0 aliphatic carbocycles. The normalized spacial score (nSPS) is 37.2. The van der Waals surface area contributed by atoms with Crippen LogP contribution in [0.15, 0.2) is 0 Å². The standard InChI is InChI=1S/C21H33N3O6S/c1-3-30-20(28)15-14-12-13(2)21(31-14)16(15)19(27)24(6-9-25)17(21)18(26)22-4-5-23-7-10-29-11-8-23/h13-17,25H,3-12H2,1-2H3,(H,22,26)/t13?,14-,15+,16+,17?,21?/m1/s1. The maximum absolute atomic E-state index is 13.5. The van der Waals surface area contributed by atoms with Gasteiger partial charge in [-0.3, -0.25) is 19.3 Å². The van der Waals surface area contributed by atoms with Crippen molar-refractivity contribution >= 4 is 29.5 Å². The third-order valence-electron chi connectivity index (χ3n) is 7.22. The lowest BCUT2D eigenvalue weighted by Gasteiger charge is -2.38. The number of aliphatic hydroxyl groups is 1. The summed E-state index contributed by atoms with van der Waals surface area (Å²) in [7, 11) is 0. The average Bonchev–Trinajstić information content (AvgIpc) is 3.33. The van der Waals surface area contributed by atoms with E-state index in [1.54, 1.807) is 18.7 Å². The van der Waals surface area contributed by atoms with Gasteiger partial charge in [0.05, 0.1) is 43.0 Å². The van der Waals surface area contributed by atoms with Crippen molar-refractivity contribution in [2.45, 2.75) is 36.3 Å². The van der Waals surface area contributed by atoms with Gasteiger partial charge in [0.2, 0.25) is 11.8 Å². The van der Waals surface area contributed by atoms with E-state index in [0.717, 1.165) is 26.1 Å². The lowest BCUT2D eigenvalue weighted by molar-refractivity contribution is -0.154. The van der Waals surface area contributed by atoms with E-state index < -0.39 is 22.6 Å². The van der Waals surface area contributed by atoms with Crippen LogP contribution < -0.4 is 5.32 Å². The zero-order valence-corrected chi connectivity index (χ0v) is 19.1. The van der Waals surface area contributed by atoms with E-state index in [2.05, 4.69) is 17.1 Å². The first-order chi connectivity index (χ1) is 15.0. The number of hydrogen-bond donors (Lipinski definition) is 2. The second-order valence-electron chi connectivity index (χ2n) is 8.80. The molecule has 0 aromatic carbocycles. The molecule has 9 nitrogen and oxygen atoms in total. The molecule has 2 N–H and O–H groups in total. The van der Waals surface area contributed by atoms with E-state index in [0.29, 0.717) is 19.8 Å². The van der Waals surface area contributed by atoms with Crippen molar-refractivity contribution in [2.24, 2.45) is 17.8 Å². The number of carbonyl (C=O) groups excluding carboxylic acids is 3. The molecule has 31 heavy (non-hydrogen) atoms. The number of esters is 1. The first-order valence-electron chi connectivity index (χ1n) is 11.3. The maximum atomic E-state index is 13.5. The molecule has 174 valence electrons. The Bertz CT molecular complexity index is 717. The van der Waals surface area contributed by atoms with Crippen molar-refractivity contribution < 1.29 is 29.0 Å². The molecule has 4 heterocycles. The summed E-state index contributed by atoms with van der Waals surface area (Å²) < 4.78 is 10.0. The number of likely N-dealkylation sites (tertiary alicyclic amines) is 1. The fourth-order valence-electron chi connectivity index (χ4n) is 5.93. The second-order valence-corrected chi connectivity index (χ2v) is 10.4. The van der Waals surface area contributed by atoms with Crippen molar-refractivity contribution in [1.29, 1.82) is 0 Å². The molecule has 4 aliphatic rings. The smallest absolute Gasteiger partial charge is 0.310 e. The highest BCUT2D eigenvalue weighted by atomic mass is 32.2. The van der Waals surface area contributed by atoms with Gasteiger partial charge >= 0.3 is 5.97 Å². The monoisotopic (exact) mass is 455 g/mol. The first kappa shape index (κ1) is 22.8. The molecule has 4 aliphatic heterocycles. The lowest BCUT2D eigenvalue weighted by atomic mass is 9.66. The van der Waals surface area contributed by atoms with Crippen LogP contribution in [0.4, 0.5) is 0 Å². The third-order valence-corrected chi connectivity index (χ3v) is 9.30. The average molecular weight is 456 g/mol. The highest BCUT2D eigenvalue weighted by molar-refractivity contribution is 8.02. The van der Waals surface area contributed by atoms with Crippen LogP contribution in [0.5, 0.6) is 0 Å². The summed E-state index contributed by atoms with van der Waals surface area (Å²) >= 11 is 1.62. The Hall–Kier alpha value is -1.36. The number of β-amino-alcohol motifs (C(OH)–C–C–N with tert-alkyl or cyclic N) is 1. The summed E-state index contributed by atoms with van der Waals surface area (Å²) in [4.78, 5) is 43.4. The van der Waals surface area contributed by atoms with Crippen LogP contribution in [0.3, 0.4) is 0 Å². The molecule has 0 aromatic heterocycles. The van der Waals surface area contributed by atoms with E-state index in [4.69, 9.17) is 9.47 Å². The molecule has 2 amide bonds. The van der Waals surface area contributed by atoms with Crippen LogP contribution in [-0.4, -0.2) is 108 Å². The maximum Gasteiger partial charge on any atom is 0.310 e. The highest BCUT2D eigenvalue weighted by Gasteiger charge is 2.76. The molecular weight excluding hydrogens is 422 g/mol. The summed E-state index contributed by atoms with van der Waals surface area (Å²) in [5.74, 6) is -1.73. The van der Waals surface area contributed by atoms with Crippen LogP contribution in [0.25, 0.3) is 0 Å². The summed E-state index contributed by atoms with van der Waals surface area (Å²) in [5.41, 5.74) is 0. The number of amides is 2. The van der Waals surface area contributed by atoms with Gasteiger partial charge in [-0.15, -0.1) is 11.8 Å². The van der Waals surface area contributed by atoms with Crippen molar-refractivity contribution in [1.82, 2.24) is 15.1 Å². The lowest BCUT2D eigenvalue weighted by Crippen LogP contribution is -2.57. The Morgan fingerprint density at radius 2 is 2.06 bits per heavy atom. The molecule has 0 radical (unpaired) electrons. The van der Waals surface area contributed by atoms with Gasteiger partial charge in [0.25, 0.3) is 0 Å². The van der Waals surface area contributed by atoms with Gasteiger partial charge < -0.3 is 24.8 Å². The quantitative estimate of drug-likeness (QED) is 0.464. The molecule has 4 saturated heterocycles. The van der Waals surface area contributed by atoms with E-state index in [1.807, 2.05) is 0 Å². The second kappa shape index (κ2) is 9.25. The van der Waals surface area contributed by atoms with Crippen LogP contribution >= 0.6 is 11.8 Å². The van der Waals surface area contributed by atoms with E-state index >= 15 is 0 Å². The van der Waals surface area contributed by atoms with Crippen LogP contribution in [0, 0.1) is 17.8 Å². The molecule has 10 heteroatoms. The molecule has 0 aromatic rings. The minimum absolute atomic E-state index is 0.0112. The summed E-state index contributed by atoms with van der Waals surface area (Å²) in [5, 5.41) is 12.6. The van der Waals surface area contributed by atoms with Gasteiger partial charge in [0.1, 0.15) is 6.04 Å². The van der Waals surface area contributed by atoms with E-state index in [9.17, 15) is 19.5 Å². The molecule has 4 rings (SSSR count). The number of rotatable bonds is 8. The summed E-state index contributed by atoms with van der Waals surface area (Å²) in [6.45, 7) is 8.26. The predicted octanol–water partition coefficient (Wildman–Crippen LogP) is -0.673. The fraction of sp³-hybridized carbons (Fsp3) is 0.857. The number of hydrogen-bond acceptors (Lipinski definition) is 8. The number of nitrogens with zero attached hydrogens (tertiary/aromatic N) is 2. The number of aliphatic hydroxyl groups excluding tert-OH is 1. The van der Waals surface area contributed by atoms with Crippen molar-refractivity contribution in [3.8, 4) is 0 Å². The number of carbonyl (C=O) groups is 3. The van der Waals surface area contributed by atoms with Crippen LogP contribution in [-0.2, 0) is 23.9 Å². The van der Waals surface area contributed by atoms with Crippen LogP contribution in [0.1, 0.15) is 20.3 Å². The van der Waals surface area contributed by atoms with Gasteiger partial charge in [-0.1, -0.05) is 6.92 Å². The molecular formula is C21H33N3O6S. The van der Waals surface area contributed by atoms with Gasteiger partial charge in [0, 0.05) is 38.0 Å². The Kier molecular flexibility index (Phi) is 6.81. The molecule has 0 saturated carbocycles. The Balaban J connectivity index is 1.54. The zero-order valence-electron chi connectivity index (χ0n) is 18.2. The van der Waals surface area contributed by atoms with Crippen molar-refractivity contribution in [3.05, 3.63) is 0 Å². The van der Waals surface area contributed by atoms with E-state index in [1.165, 1.54) is 4.90 Å². The Labute approximate surface area is 187 Å².